The molecular weight excluding hydrogens is 456 g/mol. The van der Waals surface area contributed by atoms with Crippen LogP contribution in [0.15, 0.2) is 51.6 Å². The van der Waals surface area contributed by atoms with Gasteiger partial charge in [-0.1, -0.05) is 30.3 Å². The molecule has 0 saturated carbocycles. The average Bonchev–Trinajstić information content (AvgIpc) is 3.32. The van der Waals surface area contributed by atoms with Crippen LogP contribution in [0.5, 0.6) is 0 Å². The van der Waals surface area contributed by atoms with Crippen molar-refractivity contribution in [1.29, 1.82) is 0 Å². The third kappa shape index (κ3) is 4.14. The quantitative estimate of drug-likeness (QED) is 0.589. The molecule has 0 atom stereocenters. The molecule has 1 aliphatic heterocycles. The van der Waals surface area contributed by atoms with E-state index in [0.29, 0.717) is 41.5 Å². The Balaban J connectivity index is 1.73. The van der Waals surface area contributed by atoms with Crippen molar-refractivity contribution in [3.05, 3.63) is 64.0 Å². The Kier molecular flexibility index (Phi) is 5.84. The minimum Gasteiger partial charge on any atom is -0.444 e. The van der Waals surface area contributed by atoms with Crippen molar-refractivity contribution < 1.29 is 18.7 Å². The summed E-state index contributed by atoms with van der Waals surface area (Å²) in [7, 11) is 0. The van der Waals surface area contributed by atoms with Gasteiger partial charge in [0.05, 0.1) is 18.8 Å². The summed E-state index contributed by atoms with van der Waals surface area (Å²) in [5.74, 6) is -0.318. The summed E-state index contributed by atoms with van der Waals surface area (Å²) in [6.45, 7) is 4.03. The smallest absolute Gasteiger partial charge is 0.292 e. The first-order chi connectivity index (χ1) is 14.0. The summed E-state index contributed by atoms with van der Waals surface area (Å²) in [4.78, 5) is 28.7. The van der Waals surface area contributed by atoms with Crippen molar-refractivity contribution >= 4 is 44.1 Å². The first-order valence-electron chi connectivity index (χ1n) is 9.17. The zero-order valence-corrected chi connectivity index (χ0v) is 18.1. The van der Waals surface area contributed by atoms with E-state index in [1.54, 1.807) is 17.0 Å². The summed E-state index contributed by atoms with van der Waals surface area (Å²) < 4.78 is 11.2. The molecule has 6 nitrogen and oxygen atoms in total. The number of carbonyl (C=O) groups is 2. The zero-order chi connectivity index (χ0) is 20.4. The van der Waals surface area contributed by atoms with Gasteiger partial charge in [-0.2, -0.15) is 0 Å². The number of carbonyl (C=O) groups excluding carboxylic acids is 2. The Labute approximate surface area is 180 Å². The van der Waals surface area contributed by atoms with Gasteiger partial charge < -0.3 is 19.4 Å². The fourth-order valence-corrected chi connectivity index (χ4v) is 4.76. The number of hydrogen-bond acceptors (Lipinski definition) is 5. The van der Waals surface area contributed by atoms with E-state index in [1.165, 1.54) is 11.3 Å². The highest BCUT2D eigenvalue weighted by Crippen LogP contribution is 2.40. The van der Waals surface area contributed by atoms with Crippen molar-refractivity contribution in [1.82, 2.24) is 4.90 Å². The van der Waals surface area contributed by atoms with Gasteiger partial charge in [0.2, 0.25) is 0 Å². The van der Waals surface area contributed by atoms with Crippen LogP contribution >= 0.6 is 27.3 Å². The highest BCUT2D eigenvalue weighted by atomic mass is 79.9. The molecule has 1 saturated heterocycles. The fraction of sp³-hybridized carbons (Fsp3) is 0.238. The van der Waals surface area contributed by atoms with Gasteiger partial charge in [0.1, 0.15) is 5.00 Å². The Morgan fingerprint density at radius 1 is 1.10 bits per heavy atom. The monoisotopic (exact) mass is 474 g/mol. The number of benzene rings is 1. The summed E-state index contributed by atoms with van der Waals surface area (Å²) in [6.07, 6.45) is 0. The van der Waals surface area contributed by atoms with Gasteiger partial charge in [0.15, 0.2) is 10.4 Å². The first kappa shape index (κ1) is 19.9. The number of thiophene rings is 1. The molecular formula is C21H19BrN2O4S. The van der Waals surface area contributed by atoms with Crippen LogP contribution in [0.1, 0.15) is 26.5 Å². The van der Waals surface area contributed by atoms with E-state index in [0.717, 1.165) is 16.0 Å². The van der Waals surface area contributed by atoms with Crippen molar-refractivity contribution in [3.63, 3.8) is 0 Å². The predicted octanol–water partition coefficient (Wildman–Crippen LogP) is 4.80. The minimum atomic E-state index is -0.396. The van der Waals surface area contributed by atoms with Crippen molar-refractivity contribution in [2.45, 2.75) is 6.92 Å². The van der Waals surface area contributed by atoms with Crippen molar-refractivity contribution in [3.8, 4) is 10.4 Å². The number of morpholine rings is 1. The number of furan rings is 1. The van der Waals surface area contributed by atoms with Crippen LogP contribution in [-0.2, 0) is 4.74 Å². The van der Waals surface area contributed by atoms with Gasteiger partial charge in [-0.3, -0.25) is 9.59 Å². The van der Waals surface area contributed by atoms with Gasteiger partial charge in [0, 0.05) is 18.0 Å². The molecule has 3 heterocycles. The second-order valence-corrected chi connectivity index (χ2v) is 8.39. The largest absolute Gasteiger partial charge is 0.444 e. The lowest BCUT2D eigenvalue weighted by molar-refractivity contribution is 0.0303. The Morgan fingerprint density at radius 3 is 2.48 bits per heavy atom. The van der Waals surface area contributed by atoms with Crippen molar-refractivity contribution in [2.75, 3.05) is 31.6 Å². The second kappa shape index (κ2) is 8.52. The normalized spacial score (nSPS) is 14.1. The van der Waals surface area contributed by atoms with E-state index >= 15 is 0 Å². The molecule has 0 unspecified atom stereocenters. The summed E-state index contributed by atoms with van der Waals surface area (Å²) in [5.41, 5.74) is 2.38. The molecule has 1 aliphatic rings. The number of nitrogens with one attached hydrogen (secondary N) is 1. The number of anilines is 1. The van der Waals surface area contributed by atoms with Crippen LogP contribution in [-0.4, -0.2) is 43.0 Å². The van der Waals surface area contributed by atoms with Gasteiger partial charge in [0.25, 0.3) is 11.8 Å². The Hall–Kier alpha value is -2.42. The zero-order valence-electron chi connectivity index (χ0n) is 15.7. The van der Waals surface area contributed by atoms with E-state index in [9.17, 15) is 9.59 Å². The molecule has 150 valence electrons. The first-order valence-corrected chi connectivity index (χ1v) is 10.8. The number of hydrogen-bond donors (Lipinski definition) is 1. The Bertz CT molecular complexity index is 1040. The van der Waals surface area contributed by atoms with E-state index in [-0.39, 0.29) is 11.7 Å². The molecule has 1 fully saturated rings. The SMILES string of the molecule is Cc1c(-c2ccccc2)sc(NC(=O)c2ccc(Br)o2)c1C(=O)N1CCOCC1. The number of rotatable bonds is 4. The molecule has 1 aromatic carbocycles. The van der Waals surface area contributed by atoms with E-state index in [4.69, 9.17) is 9.15 Å². The second-order valence-electron chi connectivity index (χ2n) is 6.59. The van der Waals surface area contributed by atoms with Gasteiger partial charge in [-0.25, -0.2) is 0 Å². The van der Waals surface area contributed by atoms with Crippen LogP contribution in [0.3, 0.4) is 0 Å². The lowest BCUT2D eigenvalue weighted by Crippen LogP contribution is -2.41. The minimum absolute atomic E-state index is 0.0971. The predicted molar refractivity (Wildman–Crippen MR) is 116 cm³/mol. The average molecular weight is 475 g/mol. The van der Waals surface area contributed by atoms with Crippen LogP contribution in [0.25, 0.3) is 10.4 Å². The van der Waals surface area contributed by atoms with Gasteiger partial charge in [-0.15, -0.1) is 11.3 Å². The Morgan fingerprint density at radius 2 is 1.83 bits per heavy atom. The van der Waals surface area contributed by atoms with Gasteiger partial charge >= 0.3 is 0 Å². The molecule has 8 heteroatoms. The highest BCUT2D eigenvalue weighted by Gasteiger charge is 2.28. The third-order valence-electron chi connectivity index (χ3n) is 4.72. The lowest BCUT2D eigenvalue weighted by atomic mass is 10.1. The van der Waals surface area contributed by atoms with Crippen molar-refractivity contribution in [2.24, 2.45) is 0 Å². The van der Waals surface area contributed by atoms with E-state index in [1.807, 2.05) is 37.3 Å². The molecule has 1 N–H and O–H groups in total. The number of ether oxygens (including phenoxy) is 1. The van der Waals surface area contributed by atoms with Crippen LogP contribution < -0.4 is 5.32 Å². The third-order valence-corrected chi connectivity index (χ3v) is 6.40. The molecule has 0 aliphatic carbocycles. The maximum atomic E-state index is 13.3. The lowest BCUT2D eigenvalue weighted by Gasteiger charge is -2.27. The fourth-order valence-electron chi connectivity index (χ4n) is 3.25. The van der Waals surface area contributed by atoms with E-state index < -0.39 is 5.91 Å². The number of amides is 2. The summed E-state index contributed by atoms with van der Waals surface area (Å²) in [6, 6.07) is 13.1. The summed E-state index contributed by atoms with van der Waals surface area (Å²) >= 11 is 4.60. The molecule has 2 aromatic heterocycles. The topological polar surface area (TPSA) is 71.8 Å². The molecule has 2 amide bonds. The molecule has 0 spiro atoms. The molecule has 0 bridgehead atoms. The highest BCUT2D eigenvalue weighted by molar-refractivity contribution is 9.10. The molecule has 4 rings (SSSR count). The van der Waals surface area contributed by atoms with E-state index in [2.05, 4.69) is 21.2 Å². The van der Waals surface area contributed by atoms with Crippen LogP contribution in [0.2, 0.25) is 0 Å². The van der Waals surface area contributed by atoms with Crippen LogP contribution in [0.4, 0.5) is 5.00 Å². The number of nitrogens with zero attached hydrogens (tertiary/aromatic N) is 1. The molecule has 3 aromatic rings. The molecule has 0 radical (unpaired) electrons. The maximum absolute atomic E-state index is 13.3. The maximum Gasteiger partial charge on any atom is 0.292 e. The standard InChI is InChI=1S/C21H19BrN2O4S/c1-13-17(21(26)24-9-11-27-12-10-24)20(23-19(25)15-7-8-16(22)28-15)29-18(13)14-5-3-2-4-6-14/h2-8H,9-12H2,1H3,(H,23,25). The number of halogens is 1. The molecule has 29 heavy (non-hydrogen) atoms. The summed E-state index contributed by atoms with van der Waals surface area (Å²) in [5, 5.41) is 3.40. The van der Waals surface area contributed by atoms with Gasteiger partial charge in [-0.05, 0) is 46.1 Å². The van der Waals surface area contributed by atoms with Crippen LogP contribution in [0, 0.1) is 6.92 Å².